The van der Waals surface area contributed by atoms with E-state index in [9.17, 15) is 31.1 Å². The SMILES string of the molecule is O=C(Nc1ccc2c(c1)OCO2)c1ccc(OC(F)C(F)(F)C(F)(F)F)cc1. The van der Waals surface area contributed by atoms with Crippen LogP contribution in [-0.4, -0.2) is 31.2 Å². The van der Waals surface area contributed by atoms with E-state index in [4.69, 9.17) is 9.47 Å². The molecule has 150 valence electrons. The van der Waals surface area contributed by atoms with Gasteiger partial charge in [0, 0.05) is 17.3 Å². The lowest BCUT2D eigenvalue weighted by molar-refractivity contribution is -0.328. The van der Waals surface area contributed by atoms with Crippen molar-refractivity contribution in [2.24, 2.45) is 0 Å². The predicted octanol–water partition coefficient (Wildman–Crippen LogP) is 4.54. The molecule has 1 heterocycles. The number of nitrogens with one attached hydrogen (secondary N) is 1. The van der Waals surface area contributed by atoms with Crippen LogP contribution in [0.5, 0.6) is 17.2 Å². The van der Waals surface area contributed by atoms with Crippen LogP contribution in [0.25, 0.3) is 0 Å². The number of hydrogen-bond acceptors (Lipinski definition) is 4. The fourth-order valence-electron chi connectivity index (χ4n) is 2.18. The highest BCUT2D eigenvalue weighted by Crippen LogP contribution is 2.40. The summed E-state index contributed by atoms with van der Waals surface area (Å²) in [5.74, 6) is -5.95. The minimum absolute atomic E-state index is 0.0306. The van der Waals surface area contributed by atoms with Crippen LogP contribution in [-0.2, 0) is 0 Å². The van der Waals surface area contributed by atoms with Crippen LogP contribution in [0.15, 0.2) is 42.5 Å². The second kappa shape index (κ2) is 7.13. The monoisotopic (exact) mass is 407 g/mol. The Morgan fingerprint density at radius 3 is 2.29 bits per heavy atom. The van der Waals surface area contributed by atoms with E-state index in [0.717, 1.165) is 24.3 Å². The molecule has 1 atom stereocenters. The number of carbonyl (C=O) groups is 1. The van der Waals surface area contributed by atoms with Crippen LogP contribution >= 0.6 is 0 Å². The van der Waals surface area contributed by atoms with Gasteiger partial charge < -0.3 is 19.5 Å². The summed E-state index contributed by atoms with van der Waals surface area (Å²) in [5, 5.41) is 2.53. The first-order valence-electron chi connectivity index (χ1n) is 7.64. The highest BCUT2D eigenvalue weighted by Gasteiger charge is 2.65. The Hall–Kier alpha value is -3.11. The number of anilines is 1. The number of fused-ring (bicyclic) bond motifs is 1. The number of hydrogen-bond donors (Lipinski definition) is 1. The van der Waals surface area contributed by atoms with Gasteiger partial charge in [0.25, 0.3) is 5.91 Å². The Balaban J connectivity index is 1.64. The molecule has 0 radical (unpaired) electrons. The van der Waals surface area contributed by atoms with Crippen LogP contribution in [0.4, 0.5) is 32.0 Å². The Morgan fingerprint density at radius 1 is 1.00 bits per heavy atom. The molecule has 0 fully saturated rings. The average molecular weight is 407 g/mol. The van der Waals surface area contributed by atoms with Crippen LogP contribution in [0, 0.1) is 0 Å². The highest BCUT2D eigenvalue weighted by atomic mass is 19.4. The molecular weight excluding hydrogens is 396 g/mol. The summed E-state index contributed by atoms with van der Waals surface area (Å²) in [5.41, 5.74) is 0.409. The van der Waals surface area contributed by atoms with Crippen LogP contribution < -0.4 is 19.5 Å². The van der Waals surface area contributed by atoms with E-state index in [-0.39, 0.29) is 12.4 Å². The fourth-order valence-corrected chi connectivity index (χ4v) is 2.18. The van der Waals surface area contributed by atoms with Crippen molar-refractivity contribution in [1.82, 2.24) is 0 Å². The zero-order valence-electron chi connectivity index (χ0n) is 13.7. The molecule has 1 amide bonds. The maximum atomic E-state index is 13.2. The molecule has 11 heteroatoms. The van der Waals surface area contributed by atoms with Crippen molar-refractivity contribution in [2.45, 2.75) is 18.5 Å². The predicted molar refractivity (Wildman–Crippen MR) is 83.5 cm³/mol. The molecule has 0 spiro atoms. The number of alkyl halides is 6. The first kappa shape index (κ1) is 19.6. The molecule has 0 saturated heterocycles. The molecule has 0 bridgehead atoms. The number of ether oxygens (including phenoxy) is 3. The molecule has 0 aromatic heterocycles. The third kappa shape index (κ3) is 3.92. The maximum Gasteiger partial charge on any atom is 0.460 e. The number of amides is 1. The summed E-state index contributed by atoms with van der Waals surface area (Å²) in [4.78, 5) is 12.2. The molecular formula is C17H11F6NO4. The smallest absolute Gasteiger partial charge is 0.454 e. The van der Waals surface area contributed by atoms with E-state index in [0.29, 0.717) is 17.2 Å². The summed E-state index contributed by atoms with van der Waals surface area (Å²) in [6, 6.07) is 8.60. The van der Waals surface area contributed by atoms with Gasteiger partial charge >= 0.3 is 18.5 Å². The van der Waals surface area contributed by atoms with Crippen LogP contribution in [0.1, 0.15) is 10.4 Å². The van der Waals surface area contributed by atoms with Gasteiger partial charge in [-0.2, -0.15) is 26.3 Å². The molecule has 0 aliphatic carbocycles. The second-order valence-corrected chi connectivity index (χ2v) is 5.60. The van der Waals surface area contributed by atoms with Gasteiger partial charge in [0.05, 0.1) is 0 Å². The average Bonchev–Trinajstić information content (AvgIpc) is 3.09. The Kier molecular flexibility index (Phi) is 5.01. The molecule has 2 aromatic carbocycles. The van der Waals surface area contributed by atoms with E-state index in [1.165, 1.54) is 6.07 Å². The number of carbonyl (C=O) groups excluding carboxylic acids is 1. The minimum Gasteiger partial charge on any atom is -0.454 e. The summed E-state index contributed by atoms with van der Waals surface area (Å²) in [7, 11) is 0. The summed E-state index contributed by atoms with van der Waals surface area (Å²) in [6.45, 7) is 0.0527. The van der Waals surface area contributed by atoms with Gasteiger partial charge in [-0.25, -0.2) is 0 Å². The Labute approximate surface area is 153 Å². The molecule has 1 N–H and O–H groups in total. The zero-order chi connectivity index (χ0) is 20.5. The largest absolute Gasteiger partial charge is 0.460 e. The van der Waals surface area contributed by atoms with Gasteiger partial charge in [0.2, 0.25) is 6.79 Å². The van der Waals surface area contributed by atoms with Crippen molar-refractivity contribution in [1.29, 1.82) is 0 Å². The number of benzene rings is 2. The lowest BCUT2D eigenvalue weighted by atomic mass is 10.2. The maximum absolute atomic E-state index is 13.2. The van der Waals surface area contributed by atoms with Gasteiger partial charge in [-0.1, -0.05) is 0 Å². The third-order valence-corrected chi connectivity index (χ3v) is 3.65. The van der Waals surface area contributed by atoms with E-state index in [1.807, 2.05) is 0 Å². The summed E-state index contributed by atoms with van der Waals surface area (Å²) >= 11 is 0. The molecule has 28 heavy (non-hydrogen) atoms. The Bertz CT molecular complexity index is 869. The summed E-state index contributed by atoms with van der Waals surface area (Å²) < 4.78 is 89.5. The van der Waals surface area contributed by atoms with Crippen molar-refractivity contribution >= 4 is 11.6 Å². The zero-order valence-corrected chi connectivity index (χ0v) is 13.7. The molecule has 5 nitrogen and oxygen atoms in total. The third-order valence-electron chi connectivity index (χ3n) is 3.65. The van der Waals surface area contributed by atoms with Crippen molar-refractivity contribution in [3.8, 4) is 17.2 Å². The van der Waals surface area contributed by atoms with Gasteiger partial charge in [-0.3, -0.25) is 4.79 Å². The van der Waals surface area contributed by atoms with E-state index < -0.39 is 30.1 Å². The molecule has 0 saturated carbocycles. The molecule has 3 rings (SSSR count). The van der Waals surface area contributed by atoms with Crippen molar-refractivity contribution in [3.63, 3.8) is 0 Å². The standard InChI is InChI=1S/C17H11F6NO4/c18-15(16(19,20)17(21,22)23)28-11-4-1-9(2-5-11)14(25)24-10-3-6-12-13(7-10)27-8-26-12/h1-7,15H,8H2,(H,24,25). The first-order valence-corrected chi connectivity index (χ1v) is 7.64. The highest BCUT2D eigenvalue weighted by molar-refractivity contribution is 6.04. The lowest BCUT2D eigenvalue weighted by Crippen LogP contribution is -2.47. The lowest BCUT2D eigenvalue weighted by Gasteiger charge is -2.23. The number of halogens is 6. The van der Waals surface area contributed by atoms with Gasteiger partial charge in [-0.05, 0) is 36.4 Å². The minimum atomic E-state index is -6.10. The molecule has 2 aromatic rings. The van der Waals surface area contributed by atoms with Crippen LogP contribution in [0.3, 0.4) is 0 Å². The summed E-state index contributed by atoms with van der Waals surface area (Å²) in [6.07, 6.45) is -10.0. The Morgan fingerprint density at radius 2 is 1.64 bits per heavy atom. The van der Waals surface area contributed by atoms with E-state index in [1.54, 1.807) is 12.1 Å². The fraction of sp³-hybridized carbons (Fsp3) is 0.235. The van der Waals surface area contributed by atoms with Crippen LogP contribution in [0.2, 0.25) is 0 Å². The quantitative estimate of drug-likeness (QED) is 0.740. The number of rotatable bonds is 5. The normalized spacial score (nSPS) is 14.5. The topological polar surface area (TPSA) is 56.8 Å². The first-order chi connectivity index (χ1) is 13.1. The van der Waals surface area contributed by atoms with Gasteiger partial charge in [-0.15, -0.1) is 0 Å². The molecule has 1 aliphatic heterocycles. The van der Waals surface area contributed by atoms with Gasteiger partial charge in [0.15, 0.2) is 11.5 Å². The van der Waals surface area contributed by atoms with E-state index >= 15 is 0 Å². The van der Waals surface area contributed by atoms with Gasteiger partial charge in [0.1, 0.15) is 5.75 Å². The van der Waals surface area contributed by atoms with Crippen molar-refractivity contribution in [3.05, 3.63) is 48.0 Å². The molecule has 1 aliphatic rings. The molecule has 1 unspecified atom stereocenters. The second-order valence-electron chi connectivity index (χ2n) is 5.60. The van der Waals surface area contributed by atoms with E-state index in [2.05, 4.69) is 10.1 Å². The van der Waals surface area contributed by atoms with Crippen molar-refractivity contribution < 1.29 is 45.3 Å². The van der Waals surface area contributed by atoms with Crippen molar-refractivity contribution in [2.75, 3.05) is 12.1 Å².